The lowest BCUT2D eigenvalue weighted by molar-refractivity contribution is -0.384. The summed E-state index contributed by atoms with van der Waals surface area (Å²) in [6.07, 6.45) is 0. The molecule has 7 nitrogen and oxygen atoms in total. The van der Waals surface area contributed by atoms with E-state index >= 15 is 0 Å². The molecule has 0 radical (unpaired) electrons. The largest absolute Gasteiger partial charge is 0.363 e. The van der Waals surface area contributed by atoms with Crippen molar-refractivity contribution in [2.45, 2.75) is 13.5 Å². The smallest absolute Gasteiger partial charge is 0.292 e. The second-order valence-electron chi connectivity index (χ2n) is 6.75. The predicted molar refractivity (Wildman–Crippen MR) is 105 cm³/mol. The second-order valence-corrected chi connectivity index (χ2v) is 6.75. The molecule has 1 aliphatic heterocycles. The highest BCUT2D eigenvalue weighted by Gasteiger charge is 2.23. The van der Waals surface area contributed by atoms with E-state index in [-0.39, 0.29) is 10.6 Å². The fourth-order valence-corrected chi connectivity index (χ4v) is 3.60. The fourth-order valence-electron chi connectivity index (χ4n) is 3.60. The summed E-state index contributed by atoms with van der Waals surface area (Å²) in [4.78, 5) is 24.7. The summed E-state index contributed by atoms with van der Waals surface area (Å²) in [5.74, 6) is 0.824. The average molecular weight is 363 g/mol. The summed E-state index contributed by atoms with van der Waals surface area (Å²) < 4.78 is 0. The van der Waals surface area contributed by atoms with E-state index in [2.05, 4.69) is 19.8 Å². The topological polar surface area (TPSA) is 75.4 Å². The number of anilines is 1. The van der Waals surface area contributed by atoms with Crippen LogP contribution in [0.2, 0.25) is 0 Å². The molecule has 27 heavy (non-hydrogen) atoms. The van der Waals surface area contributed by atoms with Crippen LogP contribution in [0.15, 0.2) is 48.5 Å². The lowest BCUT2D eigenvalue weighted by Gasteiger charge is -2.35. The third-order valence-corrected chi connectivity index (χ3v) is 5.00. The normalized spacial score (nSPS) is 15.2. The number of aromatic nitrogens is 2. The van der Waals surface area contributed by atoms with Gasteiger partial charge >= 0.3 is 0 Å². The number of piperazine rings is 1. The molecule has 1 aliphatic rings. The number of para-hydroxylation sites is 3. The van der Waals surface area contributed by atoms with Crippen molar-refractivity contribution in [1.82, 2.24) is 14.9 Å². The van der Waals surface area contributed by atoms with Crippen LogP contribution in [0.5, 0.6) is 0 Å². The standard InChI is InChI=1S/C20H21N5O2/c1-15-16-6-2-3-7-17(16)22-20(21-15)14-23-10-12-24(13-11-23)18-8-4-5-9-19(18)25(26)27/h2-9H,10-14H2,1H3. The van der Waals surface area contributed by atoms with Gasteiger partial charge in [-0.25, -0.2) is 9.97 Å². The minimum absolute atomic E-state index is 0.166. The molecule has 3 aromatic rings. The van der Waals surface area contributed by atoms with Gasteiger partial charge in [-0.05, 0) is 19.1 Å². The maximum absolute atomic E-state index is 11.3. The molecule has 1 aromatic heterocycles. The monoisotopic (exact) mass is 363 g/mol. The molecule has 2 aromatic carbocycles. The molecule has 0 N–H and O–H groups in total. The van der Waals surface area contributed by atoms with Gasteiger partial charge in [-0.15, -0.1) is 0 Å². The zero-order chi connectivity index (χ0) is 18.8. The highest BCUT2D eigenvalue weighted by molar-refractivity contribution is 5.80. The van der Waals surface area contributed by atoms with E-state index in [1.54, 1.807) is 12.1 Å². The number of hydrogen-bond acceptors (Lipinski definition) is 6. The first kappa shape index (κ1) is 17.4. The van der Waals surface area contributed by atoms with Crippen LogP contribution in [0.1, 0.15) is 11.5 Å². The summed E-state index contributed by atoms with van der Waals surface area (Å²) in [5, 5.41) is 12.3. The van der Waals surface area contributed by atoms with Crippen molar-refractivity contribution < 1.29 is 4.92 Å². The molecule has 0 aliphatic carbocycles. The zero-order valence-electron chi connectivity index (χ0n) is 15.2. The van der Waals surface area contributed by atoms with Gasteiger partial charge in [-0.1, -0.05) is 30.3 Å². The molecule has 138 valence electrons. The Hall–Kier alpha value is -3.06. The Morgan fingerprint density at radius 2 is 1.70 bits per heavy atom. The number of benzene rings is 2. The Balaban J connectivity index is 1.45. The molecule has 0 atom stereocenters. The van der Waals surface area contributed by atoms with Crippen molar-refractivity contribution in [3.05, 3.63) is 70.2 Å². The summed E-state index contributed by atoms with van der Waals surface area (Å²) in [6.45, 7) is 5.84. The Labute approximate surface area is 157 Å². The van der Waals surface area contributed by atoms with Gasteiger partial charge in [0.15, 0.2) is 0 Å². The van der Waals surface area contributed by atoms with E-state index in [1.807, 2.05) is 43.3 Å². The molecule has 7 heteroatoms. The highest BCUT2D eigenvalue weighted by atomic mass is 16.6. The molecule has 4 rings (SSSR count). The van der Waals surface area contributed by atoms with Crippen LogP contribution in [-0.4, -0.2) is 46.0 Å². The molecular formula is C20H21N5O2. The molecular weight excluding hydrogens is 342 g/mol. The number of rotatable bonds is 4. The predicted octanol–water partition coefficient (Wildman–Crippen LogP) is 3.17. The SMILES string of the molecule is Cc1nc(CN2CCN(c3ccccc3[N+](=O)[O-])CC2)nc2ccccc12. The number of nitro groups is 1. The van der Waals surface area contributed by atoms with Crippen LogP contribution in [0, 0.1) is 17.0 Å². The van der Waals surface area contributed by atoms with Crippen molar-refractivity contribution in [3.8, 4) is 0 Å². The minimum Gasteiger partial charge on any atom is -0.363 e. The third kappa shape index (κ3) is 3.59. The maximum atomic E-state index is 11.3. The molecule has 1 saturated heterocycles. The van der Waals surface area contributed by atoms with E-state index < -0.39 is 0 Å². The van der Waals surface area contributed by atoms with Gasteiger partial charge in [0, 0.05) is 43.3 Å². The number of nitro benzene ring substituents is 1. The average Bonchev–Trinajstić information content (AvgIpc) is 2.69. The van der Waals surface area contributed by atoms with Gasteiger partial charge in [0.1, 0.15) is 11.5 Å². The fraction of sp³-hybridized carbons (Fsp3) is 0.300. The van der Waals surface area contributed by atoms with Gasteiger partial charge in [-0.3, -0.25) is 15.0 Å². The molecule has 1 fully saturated rings. The van der Waals surface area contributed by atoms with Crippen LogP contribution in [-0.2, 0) is 6.54 Å². The van der Waals surface area contributed by atoms with Gasteiger partial charge in [0.2, 0.25) is 0 Å². The number of aryl methyl sites for hydroxylation is 1. The van der Waals surface area contributed by atoms with Gasteiger partial charge in [0.05, 0.1) is 17.0 Å². The van der Waals surface area contributed by atoms with E-state index in [0.29, 0.717) is 12.2 Å². The van der Waals surface area contributed by atoms with Crippen molar-refractivity contribution in [1.29, 1.82) is 0 Å². The molecule has 0 saturated carbocycles. The van der Waals surface area contributed by atoms with Crippen LogP contribution in [0.25, 0.3) is 10.9 Å². The maximum Gasteiger partial charge on any atom is 0.292 e. The molecule has 0 bridgehead atoms. The van der Waals surface area contributed by atoms with Crippen LogP contribution in [0.3, 0.4) is 0 Å². The minimum atomic E-state index is -0.312. The van der Waals surface area contributed by atoms with E-state index in [4.69, 9.17) is 0 Å². The summed E-state index contributed by atoms with van der Waals surface area (Å²) >= 11 is 0. The zero-order valence-corrected chi connectivity index (χ0v) is 15.2. The molecule has 0 amide bonds. The van der Waals surface area contributed by atoms with Gasteiger partial charge < -0.3 is 4.90 Å². The number of fused-ring (bicyclic) bond motifs is 1. The summed E-state index contributed by atoms with van der Waals surface area (Å²) in [7, 11) is 0. The molecule has 2 heterocycles. The Kier molecular flexibility index (Phi) is 4.68. The first-order valence-corrected chi connectivity index (χ1v) is 9.05. The molecule has 0 spiro atoms. The lowest BCUT2D eigenvalue weighted by Crippen LogP contribution is -2.46. The van der Waals surface area contributed by atoms with E-state index in [1.165, 1.54) is 0 Å². The Morgan fingerprint density at radius 3 is 2.48 bits per heavy atom. The Morgan fingerprint density at radius 1 is 1.00 bits per heavy atom. The first-order chi connectivity index (χ1) is 13.1. The highest BCUT2D eigenvalue weighted by Crippen LogP contribution is 2.28. The van der Waals surface area contributed by atoms with Crippen molar-refractivity contribution >= 4 is 22.3 Å². The molecule has 0 unspecified atom stereocenters. The van der Waals surface area contributed by atoms with Crippen LogP contribution < -0.4 is 4.90 Å². The first-order valence-electron chi connectivity index (χ1n) is 9.05. The van der Waals surface area contributed by atoms with Crippen molar-refractivity contribution in [2.75, 3.05) is 31.1 Å². The quantitative estimate of drug-likeness (QED) is 0.523. The summed E-state index contributed by atoms with van der Waals surface area (Å²) in [6, 6.07) is 15.0. The van der Waals surface area contributed by atoms with Crippen LogP contribution in [0.4, 0.5) is 11.4 Å². The van der Waals surface area contributed by atoms with Crippen molar-refractivity contribution in [2.24, 2.45) is 0 Å². The van der Waals surface area contributed by atoms with Crippen LogP contribution >= 0.6 is 0 Å². The van der Waals surface area contributed by atoms with Crippen molar-refractivity contribution in [3.63, 3.8) is 0 Å². The Bertz CT molecular complexity index is 983. The van der Waals surface area contributed by atoms with E-state index in [9.17, 15) is 10.1 Å². The lowest BCUT2D eigenvalue weighted by atomic mass is 10.2. The van der Waals surface area contributed by atoms with Gasteiger partial charge in [-0.2, -0.15) is 0 Å². The van der Waals surface area contributed by atoms with Gasteiger partial charge in [0.25, 0.3) is 5.69 Å². The third-order valence-electron chi connectivity index (χ3n) is 5.00. The number of nitrogens with zero attached hydrogens (tertiary/aromatic N) is 5. The second kappa shape index (κ2) is 7.28. The van der Waals surface area contributed by atoms with E-state index in [0.717, 1.165) is 48.6 Å². The summed E-state index contributed by atoms with van der Waals surface area (Å²) in [5.41, 5.74) is 2.83. The number of hydrogen-bond donors (Lipinski definition) is 0.